The number of Topliss-reactive ketones (excluding diaryl/α,β-unsaturated/α-hetero) is 1. The molecule has 3 nitrogen and oxygen atoms in total. The molecule has 0 bridgehead atoms. The minimum absolute atomic E-state index is 0.271. The van der Waals surface area contributed by atoms with Crippen molar-refractivity contribution >= 4 is 5.78 Å². The normalized spacial score (nSPS) is 10.4. The number of ketones is 1. The summed E-state index contributed by atoms with van der Waals surface area (Å²) in [4.78, 5) is 12.1. The van der Waals surface area contributed by atoms with Crippen molar-refractivity contribution in [2.45, 2.75) is 6.42 Å². The monoisotopic (exact) mass is 310 g/mol. The van der Waals surface area contributed by atoms with Crippen LogP contribution in [-0.2, 0) is 6.42 Å². The van der Waals surface area contributed by atoms with Crippen molar-refractivity contribution in [2.24, 2.45) is 0 Å². The van der Waals surface area contributed by atoms with Gasteiger partial charge in [-0.15, -0.1) is 0 Å². The van der Waals surface area contributed by atoms with Crippen LogP contribution in [0.15, 0.2) is 30.3 Å². The van der Waals surface area contributed by atoms with Crippen LogP contribution in [-0.4, -0.2) is 20.0 Å². The Balaban J connectivity index is 2.33. The van der Waals surface area contributed by atoms with Gasteiger partial charge in [0.05, 0.1) is 19.8 Å². The molecular weight excluding hydrogens is 297 g/mol. The molecule has 0 unspecified atom stereocenters. The summed E-state index contributed by atoms with van der Waals surface area (Å²) in [6, 6.07) is 5.66. The molecule has 0 aliphatic rings. The van der Waals surface area contributed by atoms with Gasteiger partial charge in [0.1, 0.15) is 29.0 Å². The van der Waals surface area contributed by atoms with Crippen LogP contribution in [0.5, 0.6) is 11.5 Å². The van der Waals surface area contributed by atoms with Gasteiger partial charge in [-0.2, -0.15) is 0 Å². The third-order valence-electron chi connectivity index (χ3n) is 3.06. The lowest BCUT2D eigenvalue weighted by molar-refractivity contribution is 0.0984. The average molecular weight is 310 g/mol. The summed E-state index contributed by atoms with van der Waals surface area (Å²) in [6.45, 7) is 0. The second kappa shape index (κ2) is 6.51. The van der Waals surface area contributed by atoms with Crippen LogP contribution in [0.2, 0.25) is 0 Å². The maximum absolute atomic E-state index is 13.6. The van der Waals surface area contributed by atoms with E-state index in [0.29, 0.717) is 29.2 Å². The molecule has 0 aromatic heterocycles. The molecule has 0 fully saturated rings. The lowest BCUT2D eigenvalue weighted by Gasteiger charge is -2.09. The van der Waals surface area contributed by atoms with Gasteiger partial charge in [-0.05, 0) is 17.7 Å². The molecule has 2 rings (SSSR count). The van der Waals surface area contributed by atoms with E-state index in [4.69, 9.17) is 9.47 Å². The maximum Gasteiger partial charge on any atom is 0.173 e. The fourth-order valence-corrected chi connectivity index (χ4v) is 2.05. The highest BCUT2D eigenvalue weighted by Crippen LogP contribution is 2.24. The quantitative estimate of drug-likeness (QED) is 0.792. The van der Waals surface area contributed by atoms with E-state index in [1.165, 1.54) is 14.2 Å². The standard InChI is InChI=1S/C16H13F3O3/c1-21-11-3-9(4-12(8-11)22-2)5-15(20)16-13(18)6-10(17)7-14(16)19/h3-4,6-8H,5H2,1-2H3. The van der Waals surface area contributed by atoms with E-state index in [1.807, 2.05) is 0 Å². The van der Waals surface area contributed by atoms with Crippen molar-refractivity contribution in [2.75, 3.05) is 14.2 Å². The zero-order valence-corrected chi connectivity index (χ0v) is 12.0. The Morgan fingerprint density at radius 1 is 0.909 bits per heavy atom. The Morgan fingerprint density at radius 2 is 1.41 bits per heavy atom. The molecule has 2 aromatic rings. The minimum atomic E-state index is -1.22. The van der Waals surface area contributed by atoms with E-state index in [-0.39, 0.29) is 6.42 Å². The molecule has 0 saturated heterocycles. The molecule has 6 heteroatoms. The van der Waals surface area contributed by atoms with E-state index in [1.54, 1.807) is 18.2 Å². The Bertz CT molecular complexity index is 669. The molecule has 0 heterocycles. The number of hydrogen-bond donors (Lipinski definition) is 0. The zero-order valence-electron chi connectivity index (χ0n) is 12.0. The highest BCUT2D eigenvalue weighted by molar-refractivity contribution is 5.98. The first kappa shape index (κ1) is 15.9. The Kier molecular flexibility index (Phi) is 4.70. The van der Waals surface area contributed by atoms with Gasteiger partial charge in [-0.1, -0.05) is 0 Å². The van der Waals surface area contributed by atoms with E-state index in [0.717, 1.165) is 0 Å². The van der Waals surface area contributed by atoms with Crippen molar-refractivity contribution in [3.8, 4) is 11.5 Å². The van der Waals surface area contributed by atoms with Crippen molar-refractivity contribution in [1.29, 1.82) is 0 Å². The van der Waals surface area contributed by atoms with Gasteiger partial charge in [0.2, 0.25) is 0 Å². The molecule has 0 radical (unpaired) electrons. The largest absolute Gasteiger partial charge is 0.497 e. The van der Waals surface area contributed by atoms with Crippen LogP contribution in [0.4, 0.5) is 13.2 Å². The smallest absolute Gasteiger partial charge is 0.173 e. The summed E-state index contributed by atoms with van der Waals surface area (Å²) in [5.74, 6) is -3.43. The van der Waals surface area contributed by atoms with Gasteiger partial charge in [0.15, 0.2) is 5.78 Å². The Hall–Kier alpha value is -2.50. The molecule has 0 spiro atoms. The predicted octanol–water partition coefficient (Wildman–Crippen LogP) is 3.55. The number of carbonyl (C=O) groups excluding carboxylic acids is 1. The molecule has 0 atom stereocenters. The summed E-state index contributed by atoms with van der Waals surface area (Å²) in [5, 5.41) is 0. The number of methoxy groups -OCH3 is 2. The van der Waals surface area contributed by atoms with Gasteiger partial charge < -0.3 is 9.47 Å². The first-order valence-electron chi connectivity index (χ1n) is 6.34. The van der Waals surface area contributed by atoms with E-state index in [9.17, 15) is 18.0 Å². The SMILES string of the molecule is COc1cc(CC(=O)c2c(F)cc(F)cc2F)cc(OC)c1. The summed E-state index contributed by atoms with van der Waals surface area (Å²) >= 11 is 0. The number of ether oxygens (including phenoxy) is 2. The molecule has 0 aliphatic heterocycles. The third kappa shape index (κ3) is 3.39. The lowest BCUT2D eigenvalue weighted by Crippen LogP contribution is -2.10. The van der Waals surface area contributed by atoms with Gasteiger partial charge >= 0.3 is 0 Å². The molecule has 0 saturated carbocycles. The number of carbonyl (C=O) groups is 1. The molecule has 0 amide bonds. The summed E-state index contributed by atoms with van der Waals surface area (Å²) in [5.41, 5.74) is -0.299. The van der Waals surface area contributed by atoms with E-state index >= 15 is 0 Å². The highest BCUT2D eigenvalue weighted by Gasteiger charge is 2.19. The second-order valence-electron chi connectivity index (χ2n) is 4.57. The first-order valence-corrected chi connectivity index (χ1v) is 6.34. The van der Waals surface area contributed by atoms with Crippen molar-refractivity contribution in [1.82, 2.24) is 0 Å². The Labute approximate surface area is 125 Å². The zero-order chi connectivity index (χ0) is 16.3. The molecule has 0 aliphatic carbocycles. The van der Waals surface area contributed by atoms with E-state index < -0.39 is 28.8 Å². The summed E-state index contributed by atoms with van der Waals surface area (Å²) < 4.78 is 50.2. The van der Waals surface area contributed by atoms with Gasteiger partial charge in [-0.3, -0.25) is 4.79 Å². The number of benzene rings is 2. The average Bonchev–Trinajstić information content (AvgIpc) is 2.45. The lowest BCUT2D eigenvalue weighted by atomic mass is 10.0. The first-order chi connectivity index (χ1) is 10.4. The van der Waals surface area contributed by atoms with Gasteiger partial charge in [0.25, 0.3) is 0 Å². The van der Waals surface area contributed by atoms with Crippen molar-refractivity contribution < 1.29 is 27.4 Å². The van der Waals surface area contributed by atoms with Crippen LogP contribution in [0.3, 0.4) is 0 Å². The van der Waals surface area contributed by atoms with Crippen LogP contribution in [0.25, 0.3) is 0 Å². The predicted molar refractivity (Wildman–Crippen MR) is 73.9 cm³/mol. The number of rotatable bonds is 5. The number of halogens is 3. The van der Waals surface area contributed by atoms with Gasteiger partial charge in [-0.25, -0.2) is 13.2 Å². The van der Waals surface area contributed by atoms with Crippen LogP contribution in [0, 0.1) is 17.5 Å². The topological polar surface area (TPSA) is 35.5 Å². The molecule has 0 N–H and O–H groups in total. The Morgan fingerprint density at radius 3 is 1.86 bits per heavy atom. The van der Waals surface area contributed by atoms with Crippen molar-refractivity contribution in [3.63, 3.8) is 0 Å². The van der Waals surface area contributed by atoms with Gasteiger partial charge in [0, 0.05) is 24.6 Å². The van der Waals surface area contributed by atoms with Crippen LogP contribution >= 0.6 is 0 Å². The van der Waals surface area contributed by atoms with E-state index in [2.05, 4.69) is 0 Å². The maximum atomic E-state index is 13.6. The fourth-order valence-electron chi connectivity index (χ4n) is 2.05. The summed E-state index contributed by atoms with van der Waals surface area (Å²) in [6.07, 6.45) is -0.271. The van der Waals surface area contributed by atoms with Crippen LogP contribution < -0.4 is 9.47 Å². The summed E-state index contributed by atoms with van der Waals surface area (Å²) in [7, 11) is 2.89. The molecular formula is C16H13F3O3. The highest BCUT2D eigenvalue weighted by atomic mass is 19.1. The second-order valence-corrected chi connectivity index (χ2v) is 4.57. The van der Waals surface area contributed by atoms with Crippen molar-refractivity contribution in [3.05, 3.63) is 58.9 Å². The third-order valence-corrected chi connectivity index (χ3v) is 3.06. The molecule has 2 aromatic carbocycles. The number of hydrogen-bond acceptors (Lipinski definition) is 3. The van der Waals surface area contributed by atoms with Crippen LogP contribution in [0.1, 0.15) is 15.9 Å². The molecule has 116 valence electrons. The molecule has 22 heavy (non-hydrogen) atoms. The minimum Gasteiger partial charge on any atom is -0.497 e. The fraction of sp³-hybridized carbons (Fsp3) is 0.188.